The number of aromatic nitrogens is 4. The maximum absolute atomic E-state index is 11.9. The maximum atomic E-state index is 11.9. The number of hydrogen-bond acceptors (Lipinski definition) is 2. The van der Waals surface area contributed by atoms with Gasteiger partial charge in [0.25, 0.3) is 0 Å². The Kier molecular flexibility index (Phi) is 7.48. The molecule has 0 unspecified atom stereocenters. The van der Waals surface area contributed by atoms with Gasteiger partial charge in [-0.3, -0.25) is 0 Å². The van der Waals surface area contributed by atoms with Crippen LogP contribution in [0.1, 0.15) is 11.1 Å². The minimum absolute atomic E-state index is 0.276. The summed E-state index contributed by atoms with van der Waals surface area (Å²) >= 11 is 3.93. The van der Waals surface area contributed by atoms with E-state index >= 15 is 0 Å². The molecule has 0 amide bonds. The van der Waals surface area contributed by atoms with E-state index in [-0.39, 0.29) is 11.1 Å². The first-order chi connectivity index (χ1) is 31.2. The summed E-state index contributed by atoms with van der Waals surface area (Å²) in [4.78, 5) is 0. The molecule has 13 rings (SSSR count). The van der Waals surface area contributed by atoms with E-state index in [1.807, 2.05) is 24.3 Å². The minimum Gasteiger partial charge on any atom is -0.306 e. The van der Waals surface area contributed by atoms with E-state index < -0.39 is 0 Å². The average molecular weight is 868 g/mol. The molecule has 63 heavy (non-hydrogen) atoms. The smallest absolute Gasteiger partial charge is 0.103 e. The van der Waals surface area contributed by atoms with Crippen molar-refractivity contribution < 1.29 is 0 Å². The monoisotopic (exact) mass is 866 g/mol. The third-order valence-electron chi connectivity index (χ3n) is 12.9. The van der Waals surface area contributed by atoms with E-state index in [0.717, 1.165) is 103 Å². The van der Waals surface area contributed by atoms with Gasteiger partial charge in [0.05, 0.1) is 78.0 Å². The van der Waals surface area contributed by atoms with Gasteiger partial charge in [0.2, 0.25) is 0 Å². The van der Waals surface area contributed by atoms with Gasteiger partial charge in [-0.1, -0.05) is 149 Å². The molecule has 6 nitrogen and oxygen atoms in total. The van der Waals surface area contributed by atoms with Crippen LogP contribution in [-0.2, 0) is 0 Å². The van der Waals surface area contributed by atoms with Gasteiger partial charge in [-0.15, -0.1) is 0 Å². The number of nitrogens with zero attached hydrogens (tertiary/aromatic N) is 6. The predicted octanol–water partition coefficient (Wildman–Crippen LogP) is 14.6. The van der Waals surface area contributed by atoms with Crippen LogP contribution in [0, 0.1) is 22.7 Å². The number of rotatable bonds is 4. The van der Waals surface area contributed by atoms with Crippen LogP contribution in [0.4, 0.5) is 0 Å². The lowest BCUT2D eigenvalue weighted by atomic mass is 9.98. The Morgan fingerprint density at radius 2 is 0.540 bits per heavy atom. The maximum Gasteiger partial charge on any atom is 0.103 e. The summed E-state index contributed by atoms with van der Waals surface area (Å²) in [5.41, 5.74) is 10.9. The fraction of sp³-hybridized carbons (Fsp3) is 0. The second kappa shape index (κ2) is 13.3. The first kappa shape index (κ1) is 35.4. The van der Waals surface area contributed by atoms with Gasteiger partial charge < -0.3 is 18.3 Å². The second-order valence-corrected chi connectivity index (χ2v) is 16.8. The molecule has 4 aromatic heterocycles. The molecule has 0 N–H and O–H groups in total. The number of para-hydroxylation sites is 7. The number of fused-ring (bicyclic) bond motifs is 12. The molecule has 0 aliphatic rings. The predicted molar refractivity (Wildman–Crippen MR) is 261 cm³/mol. The molecule has 0 radical (unpaired) electrons. The third kappa shape index (κ3) is 4.69. The van der Waals surface area contributed by atoms with Crippen molar-refractivity contribution in [3.63, 3.8) is 0 Å². The van der Waals surface area contributed by atoms with Gasteiger partial charge in [0, 0.05) is 47.6 Å². The van der Waals surface area contributed by atoms with Crippen LogP contribution in [0.15, 0.2) is 193 Å². The van der Waals surface area contributed by atoms with Gasteiger partial charge in [-0.2, -0.15) is 10.5 Å². The van der Waals surface area contributed by atoms with Crippen LogP contribution in [0.25, 0.3) is 110 Å². The molecule has 13 aromatic rings. The van der Waals surface area contributed by atoms with Crippen molar-refractivity contribution in [3.8, 4) is 34.9 Å². The molecule has 292 valence electrons. The molecular weight excluding hydrogens is 837 g/mol. The zero-order valence-corrected chi connectivity index (χ0v) is 35.0. The summed E-state index contributed by atoms with van der Waals surface area (Å²) in [6, 6.07) is 70.8. The fourth-order valence-corrected chi connectivity index (χ4v) is 11.1. The van der Waals surface area contributed by atoms with Gasteiger partial charge >= 0.3 is 0 Å². The van der Waals surface area contributed by atoms with Crippen LogP contribution < -0.4 is 0 Å². The van der Waals surface area contributed by atoms with E-state index in [9.17, 15) is 10.5 Å². The molecule has 0 aliphatic carbocycles. The standard InChI is InChI=1S/C56H31BrN6/c57-43-23-15-31-51-52(43)40-22-7-14-30-50(40)63(51)54-42(33-59)41(32-58)53(60-44-24-8-1-16-34(44)35-17-2-9-25-45(35)60)55(61-46-26-10-3-18-36(46)37-19-4-11-27-47(37)61)56(54)62-48-28-12-5-20-38(48)39-21-6-13-29-49(39)62/h1-31H. The molecule has 0 saturated heterocycles. The van der Waals surface area contributed by atoms with Crippen molar-refractivity contribution in [1.29, 1.82) is 10.5 Å². The fourth-order valence-electron chi connectivity index (χ4n) is 10.5. The molecule has 0 spiro atoms. The summed E-state index contributed by atoms with van der Waals surface area (Å²) in [7, 11) is 0. The highest BCUT2D eigenvalue weighted by atomic mass is 79.9. The average Bonchev–Trinajstić information content (AvgIpc) is 4.06. The SMILES string of the molecule is N#Cc1c(C#N)c(-n2c3ccccc3c3c(Br)cccc32)c(-n2c3ccccc3c3ccccc32)c(-n2c3ccccc3c3ccccc32)c1-n1c2ccccc2c2ccccc21. The Morgan fingerprint density at radius 3 is 0.873 bits per heavy atom. The first-order valence-electron chi connectivity index (χ1n) is 20.9. The Hall–Kier alpha value is -8.36. The van der Waals surface area contributed by atoms with Gasteiger partial charge in [-0.05, 0) is 54.6 Å². The highest BCUT2D eigenvalue weighted by molar-refractivity contribution is 9.10. The molecular formula is C56H31BrN6. The van der Waals surface area contributed by atoms with Crippen molar-refractivity contribution in [2.45, 2.75) is 0 Å². The minimum atomic E-state index is 0.276. The summed E-state index contributed by atoms with van der Waals surface area (Å²) in [6.07, 6.45) is 0. The lowest BCUT2D eigenvalue weighted by Gasteiger charge is -2.27. The van der Waals surface area contributed by atoms with Crippen LogP contribution in [0.5, 0.6) is 0 Å². The van der Waals surface area contributed by atoms with Crippen molar-refractivity contribution in [3.05, 3.63) is 204 Å². The Balaban J connectivity index is 1.42. The van der Waals surface area contributed by atoms with Crippen molar-refractivity contribution in [2.75, 3.05) is 0 Å². The number of benzene rings is 9. The summed E-state index contributed by atoms with van der Waals surface area (Å²) < 4.78 is 10.1. The number of nitriles is 2. The summed E-state index contributed by atoms with van der Waals surface area (Å²) in [6.45, 7) is 0. The summed E-state index contributed by atoms with van der Waals surface area (Å²) in [5, 5.41) is 32.4. The second-order valence-electron chi connectivity index (χ2n) is 16.0. The molecule has 0 atom stereocenters. The molecule has 4 heterocycles. The summed E-state index contributed by atoms with van der Waals surface area (Å²) in [5.74, 6) is 0. The molecule has 0 bridgehead atoms. The Labute approximate surface area is 368 Å². The third-order valence-corrected chi connectivity index (χ3v) is 13.6. The van der Waals surface area contributed by atoms with Gasteiger partial charge in [-0.25, -0.2) is 0 Å². The van der Waals surface area contributed by atoms with Crippen LogP contribution >= 0.6 is 15.9 Å². The molecule has 0 saturated carbocycles. The van der Waals surface area contributed by atoms with Gasteiger partial charge in [0.15, 0.2) is 0 Å². The van der Waals surface area contributed by atoms with E-state index in [2.05, 4.69) is 210 Å². The lowest BCUT2D eigenvalue weighted by molar-refractivity contribution is 1.01. The van der Waals surface area contributed by atoms with E-state index in [1.165, 1.54) is 0 Å². The van der Waals surface area contributed by atoms with E-state index in [0.29, 0.717) is 11.4 Å². The van der Waals surface area contributed by atoms with Crippen LogP contribution in [-0.4, -0.2) is 18.3 Å². The molecule has 0 aliphatic heterocycles. The van der Waals surface area contributed by atoms with E-state index in [4.69, 9.17) is 0 Å². The van der Waals surface area contributed by atoms with Crippen molar-refractivity contribution >= 4 is 103 Å². The van der Waals surface area contributed by atoms with Crippen LogP contribution in [0.2, 0.25) is 0 Å². The largest absolute Gasteiger partial charge is 0.306 e. The zero-order valence-electron chi connectivity index (χ0n) is 33.5. The Morgan fingerprint density at radius 1 is 0.286 bits per heavy atom. The normalized spacial score (nSPS) is 11.9. The van der Waals surface area contributed by atoms with Crippen molar-refractivity contribution in [1.82, 2.24) is 18.3 Å². The van der Waals surface area contributed by atoms with E-state index in [1.54, 1.807) is 0 Å². The lowest BCUT2D eigenvalue weighted by Crippen LogP contribution is -2.17. The Bertz CT molecular complexity index is 4040. The molecule has 9 aromatic carbocycles. The first-order valence-corrected chi connectivity index (χ1v) is 21.6. The zero-order chi connectivity index (χ0) is 41.9. The van der Waals surface area contributed by atoms with Crippen molar-refractivity contribution in [2.24, 2.45) is 0 Å². The van der Waals surface area contributed by atoms with Crippen LogP contribution in [0.3, 0.4) is 0 Å². The molecule has 7 heteroatoms. The highest BCUT2D eigenvalue weighted by Gasteiger charge is 2.34. The number of hydrogen-bond donors (Lipinski definition) is 0. The highest BCUT2D eigenvalue weighted by Crippen LogP contribution is 2.49. The van der Waals surface area contributed by atoms with Gasteiger partial charge in [0.1, 0.15) is 12.1 Å². The topological polar surface area (TPSA) is 67.3 Å². The molecule has 0 fully saturated rings. The number of halogens is 1. The quantitative estimate of drug-likeness (QED) is 0.177.